The van der Waals surface area contributed by atoms with Gasteiger partial charge in [0, 0.05) is 25.0 Å². The summed E-state index contributed by atoms with van der Waals surface area (Å²) >= 11 is 0. The number of nitrogens with one attached hydrogen (secondary N) is 1. The predicted molar refractivity (Wildman–Crippen MR) is 64.4 cm³/mol. The van der Waals surface area contributed by atoms with Crippen molar-refractivity contribution >= 4 is 5.82 Å². The van der Waals surface area contributed by atoms with Crippen molar-refractivity contribution in [2.24, 2.45) is 0 Å². The van der Waals surface area contributed by atoms with Gasteiger partial charge in [0.1, 0.15) is 23.4 Å². The standard InChI is InChI=1S/C12H13N5/c1-9-15-11(7-13)6-12(16-9)17(2)8-10-4-3-5-14-10/h3-6,14H,8H2,1-2H3. The van der Waals surface area contributed by atoms with Crippen LogP contribution in [-0.4, -0.2) is 22.0 Å². The van der Waals surface area contributed by atoms with E-state index in [1.54, 1.807) is 13.0 Å². The van der Waals surface area contributed by atoms with E-state index in [9.17, 15) is 0 Å². The van der Waals surface area contributed by atoms with Crippen molar-refractivity contribution in [1.29, 1.82) is 5.26 Å². The molecule has 2 heterocycles. The molecule has 0 saturated heterocycles. The van der Waals surface area contributed by atoms with Gasteiger partial charge in [-0.2, -0.15) is 5.26 Å². The fourth-order valence-electron chi connectivity index (χ4n) is 1.61. The van der Waals surface area contributed by atoms with Crippen LogP contribution in [0.3, 0.4) is 0 Å². The first-order valence-corrected chi connectivity index (χ1v) is 5.28. The first-order chi connectivity index (χ1) is 8.19. The predicted octanol–water partition coefficient (Wildman–Crippen LogP) is 1.62. The summed E-state index contributed by atoms with van der Waals surface area (Å²) in [5.41, 5.74) is 1.49. The largest absolute Gasteiger partial charge is 0.364 e. The van der Waals surface area contributed by atoms with Gasteiger partial charge in [0.2, 0.25) is 0 Å². The van der Waals surface area contributed by atoms with Gasteiger partial charge in [-0.05, 0) is 19.1 Å². The Morgan fingerprint density at radius 2 is 2.29 bits per heavy atom. The van der Waals surface area contributed by atoms with Crippen molar-refractivity contribution in [2.75, 3.05) is 11.9 Å². The molecule has 2 aromatic heterocycles. The lowest BCUT2D eigenvalue weighted by atomic mass is 10.3. The van der Waals surface area contributed by atoms with Gasteiger partial charge in [-0.3, -0.25) is 0 Å². The molecular formula is C12H13N5. The van der Waals surface area contributed by atoms with Crippen molar-refractivity contribution in [3.05, 3.63) is 41.6 Å². The van der Waals surface area contributed by atoms with Gasteiger partial charge < -0.3 is 9.88 Å². The third-order valence-electron chi connectivity index (χ3n) is 2.40. The van der Waals surface area contributed by atoms with Gasteiger partial charge in [0.15, 0.2) is 0 Å². The van der Waals surface area contributed by atoms with Crippen LogP contribution in [0.2, 0.25) is 0 Å². The van der Waals surface area contributed by atoms with Crippen molar-refractivity contribution < 1.29 is 0 Å². The summed E-state index contributed by atoms with van der Waals surface area (Å²) < 4.78 is 0. The van der Waals surface area contributed by atoms with Crippen LogP contribution in [0.4, 0.5) is 5.82 Å². The molecule has 2 aromatic rings. The van der Waals surface area contributed by atoms with Crippen LogP contribution >= 0.6 is 0 Å². The van der Waals surface area contributed by atoms with Gasteiger partial charge >= 0.3 is 0 Å². The lowest BCUT2D eigenvalue weighted by molar-refractivity contribution is 0.857. The maximum absolute atomic E-state index is 8.86. The molecule has 0 unspecified atom stereocenters. The molecule has 0 atom stereocenters. The van der Waals surface area contributed by atoms with E-state index >= 15 is 0 Å². The number of rotatable bonds is 3. The van der Waals surface area contributed by atoms with E-state index in [1.807, 2.05) is 36.3 Å². The SMILES string of the molecule is Cc1nc(C#N)cc(N(C)Cc2ccc[nH]2)n1. The lowest BCUT2D eigenvalue weighted by Crippen LogP contribution is -2.18. The molecule has 0 aliphatic carbocycles. The Hall–Kier alpha value is -2.35. The highest BCUT2D eigenvalue weighted by Gasteiger charge is 2.07. The van der Waals surface area contributed by atoms with Gasteiger partial charge in [-0.15, -0.1) is 0 Å². The zero-order valence-electron chi connectivity index (χ0n) is 9.81. The molecule has 5 heteroatoms. The average molecular weight is 227 g/mol. The van der Waals surface area contributed by atoms with E-state index in [0.717, 1.165) is 11.5 Å². The third kappa shape index (κ3) is 2.61. The number of nitrogens with zero attached hydrogens (tertiary/aromatic N) is 4. The minimum absolute atomic E-state index is 0.394. The Balaban J connectivity index is 2.22. The monoisotopic (exact) mass is 227 g/mol. The summed E-state index contributed by atoms with van der Waals surface area (Å²) in [7, 11) is 1.93. The zero-order chi connectivity index (χ0) is 12.3. The Kier molecular flexibility index (Phi) is 3.06. The molecule has 17 heavy (non-hydrogen) atoms. The molecule has 0 bridgehead atoms. The Morgan fingerprint density at radius 1 is 1.47 bits per heavy atom. The van der Waals surface area contributed by atoms with E-state index in [2.05, 4.69) is 15.0 Å². The first-order valence-electron chi connectivity index (χ1n) is 5.28. The summed E-state index contributed by atoms with van der Waals surface area (Å²) in [5.74, 6) is 1.36. The number of nitriles is 1. The molecule has 0 aromatic carbocycles. The quantitative estimate of drug-likeness (QED) is 0.865. The number of anilines is 1. The van der Waals surface area contributed by atoms with Crippen molar-refractivity contribution in [1.82, 2.24) is 15.0 Å². The highest BCUT2D eigenvalue weighted by atomic mass is 15.2. The van der Waals surface area contributed by atoms with Crippen molar-refractivity contribution in [3.63, 3.8) is 0 Å². The van der Waals surface area contributed by atoms with E-state index < -0.39 is 0 Å². The van der Waals surface area contributed by atoms with Crippen molar-refractivity contribution in [2.45, 2.75) is 13.5 Å². The number of aromatic amines is 1. The smallest absolute Gasteiger partial charge is 0.146 e. The van der Waals surface area contributed by atoms with Crippen LogP contribution in [0.15, 0.2) is 24.4 Å². The van der Waals surface area contributed by atoms with Crippen LogP contribution in [0.5, 0.6) is 0 Å². The van der Waals surface area contributed by atoms with Crippen LogP contribution in [-0.2, 0) is 6.54 Å². The summed E-state index contributed by atoms with van der Waals surface area (Å²) in [5, 5.41) is 8.86. The number of hydrogen-bond acceptors (Lipinski definition) is 4. The second-order valence-corrected chi connectivity index (χ2v) is 3.82. The highest BCUT2D eigenvalue weighted by molar-refractivity contribution is 5.42. The minimum Gasteiger partial charge on any atom is -0.364 e. The maximum Gasteiger partial charge on any atom is 0.146 e. The lowest BCUT2D eigenvalue weighted by Gasteiger charge is -2.17. The molecule has 0 saturated carbocycles. The Labute approximate surface area is 99.7 Å². The van der Waals surface area contributed by atoms with Crippen molar-refractivity contribution in [3.8, 4) is 6.07 Å². The average Bonchev–Trinajstić information content (AvgIpc) is 2.81. The fourth-order valence-corrected chi connectivity index (χ4v) is 1.61. The number of aromatic nitrogens is 3. The summed E-state index contributed by atoms with van der Waals surface area (Å²) in [4.78, 5) is 13.4. The Morgan fingerprint density at radius 3 is 2.94 bits per heavy atom. The summed E-state index contributed by atoms with van der Waals surface area (Å²) in [6, 6.07) is 7.69. The molecule has 0 aliphatic heterocycles. The number of hydrogen-bond donors (Lipinski definition) is 1. The molecule has 86 valence electrons. The van der Waals surface area contributed by atoms with Crippen LogP contribution in [0, 0.1) is 18.3 Å². The van der Waals surface area contributed by atoms with Crippen LogP contribution in [0.25, 0.3) is 0 Å². The van der Waals surface area contributed by atoms with E-state index in [1.165, 1.54) is 0 Å². The zero-order valence-corrected chi connectivity index (χ0v) is 9.81. The van der Waals surface area contributed by atoms with Gasteiger partial charge in [0.05, 0.1) is 6.54 Å². The first kappa shape index (κ1) is 11.1. The Bertz CT molecular complexity index is 539. The molecule has 0 radical (unpaired) electrons. The second kappa shape index (κ2) is 4.66. The number of aryl methyl sites for hydroxylation is 1. The normalized spacial score (nSPS) is 9.94. The molecule has 0 aliphatic rings. The van der Waals surface area contributed by atoms with Crippen LogP contribution in [0.1, 0.15) is 17.2 Å². The number of H-pyrrole nitrogens is 1. The summed E-state index contributed by atoms with van der Waals surface area (Å²) in [6.07, 6.45) is 1.88. The summed E-state index contributed by atoms with van der Waals surface area (Å²) in [6.45, 7) is 2.50. The second-order valence-electron chi connectivity index (χ2n) is 3.82. The minimum atomic E-state index is 0.394. The molecular weight excluding hydrogens is 214 g/mol. The van der Waals surface area contributed by atoms with Crippen LogP contribution < -0.4 is 4.90 Å². The van der Waals surface area contributed by atoms with Gasteiger partial charge in [-0.25, -0.2) is 9.97 Å². The topological polar surface area (TPSA) is 68.6 Å². The third-order valence-corrected chi connectivity index (χ3v) is 2.40. The fraction of sp³-hybridized carbons (Fsp3) is 0.250. The molecule has 1 N–H and O–H groups in total. The van der Waals surface area contributed by atoms with E-state index in [4.69, 9.17) is 5.26 Å². The molecule has 0 amide bonds. The molecule has 0 spiro atoms. The molecule has 5 nitrogen and oxygen atoms in total. The van der Waals surface area contributed by atoms with Gasteiger partial charge in [0.25, 0.3) is 0 Å². The highest BCUT2D eigenvalue weighted by Crippen LogP contribution is 2.13. The van der Waals surface area contributed by atoms with Gasteiger partial charge in [-0.1, -0.05) is 0 Å². The molecule has 0 fully saturated rings. The molecule has 2 rings (SSSR count). The maximum atomic E-state index is 8.86. The van der Waals surface area contributed by atoms with E-state index in [-0.39, 0.29) is 0 Å². The van der Waals surface area contributed by atoms with E-state index in [0.29, 0.717) is 18.1 Å².